The Labute approximate surface area is 145 Å². The lowest BCUT2D eigenvalue weighted by atomic mass is 10.3. The number of para-hydroxylation sites is 1. The molecule has 120 valence electrons. The number of hydrogen-bond acceptors (Lipinski definition) is 1. The van der Waals surface area contributed by atoms with Crippen molar-refractivity contribution in [2.24, 2.45) is 4.99 Å². The summed E-state index contributed by atoms with van der Waals surface area (Å²) in [5, 5.41) is 4.03. The van der Waals surface area contributed by atoms with Gasteiger partial charge in [-0.2, -0.15) is 0 Å². The highest BCUT2D eigenvalue weighted by atomic mass is 31.1. The highest BCUT2D eigenvalue weighted by Gasteiger charge is 2.18. The third-order valence-corrected chi connectivity index (χ3v) is 6.29. The van der Waals surface area contributed by atoms with E-state index in [1.54, 1.807) is 0 Å². The number of benzene rings is 3. The zero-order chi connectivity index (χ0) is 16.6. The highest BCUT2D eigenvalue weighted by Crippen LogP contribution is 2.36. The van der Waals surface area contributed by atoms with Crippen LogP contribution in [-0.4, -0.2) is 6.21 Å². The second kappa shape index (κ2) is 8.57. The van der Waals surface area contributed by atoms with E-state index in [2.05, 4.69) is 91.9 Å². The number of unbranched alkanes of at least 4 members (excludes halogenated alkanes) is 1. The summed E-state index contributed by atoms with van der Waals surface area (Å²) in [5.41, 5.74) is 1.09. The molecular weight excluding hydrogens is 309 g/mol. The summed E-state index contributed by atoms with van der Waals surface area (Å²) in [5.74, 6) is 0. The van der Waals surface area contributed by atoms with E-state index >= 15 is 0 Å². The van der Waals surface area contributed by atoms with Crippen molar-refractivity contribution in [3.8, 4) is 0 Å². The number of aliphatic imine (C=N–C) groups is 1. The van der Waals surface area contributed by atoms with Crippen LogP contribution in [0.1, 0.15) is 19.8 Å². The minimum absolute atomic E-state index is 0.601. The maximum absolute atomic E-state index is 4.76. The molecule has 0 radical (unpaired) electrons. The van der Waals surface area contributed by atoms with Crippen molar-refractivity contribution < 1.29 is 0 Å². The number of hydrogen-bond donors (Lipinski definition) is 0. The molecule has 3 aromatic rings. The average Bonchev–Trinajstić information content (AvgIpc) is 2.65. The molecular formula is C22H22NP. The van der Waals surface area contributed by atoms with Crippen molar-refractivity contribution in [2.75, 3.05) is 0 Å². The van der Waals surface area contributed by atoms with Gasteiger partial charge in [-0.1, -0.05) is 92.2 Å². The number of nitrogens with zero attached hydrogens (tertiary/aromatic N) is 1. The first-order valence-electron chi connectivity index (χ1n) is 8.42. The van der Waals surface area contributed by atoms with Crippen LogP contribution in [0.5, 0.6) is 0 Å². The Bertz CT molecular complexity index is 742. The lowest BCUT2D eigenvalue weighted by Crippen LogP contribution is -2.20. The van der Waals surface area contributed by atoms with E-state index in [4.69, 9.17) is 4.99 Å². The van der Waals surface area contributed by atoms with Gasteiger partial charge in [0, 0.05) is 11.5 Å². The molecule has 0 aromatic heterocycles. The molecule has 0 unspecified atom stereocenters. The topological polar surface area (TPSA) is 12.4 Å². The van der Waals surface area contributed by atoms with Crippen LogP contribution in [0.15, 0.2) is 89.9 Å². The third kappa shape index (κ3) is 3.99. The fraction of sp³-hybridized carbons (Fsp3) is 0.136. The van der Waals surface area contributed by atoms with Gasteiger partial charge >= 0.3 is 0 Å². The van der Waals surface area contributed by atoms with Gasteiger partial charge in [0.05, 0.1) is 5.69 Å². The quantitative estimate of drug-likeness (QED) is 0.448. The molecule has 3 aromatic carbocycles. The largest absolute Gasteiger partial charge is 0.261 e. The van der Waals surface area contributed by atoms with Crippen molar-refractivity contribution >= 4 is 35.7 Å². The van der Waals surface area contributed by atoms with E-state index in [1.165, 1.54) is 15.9 Å². The van der Waals surface area contributed by atoms with E-state index in [9.17, 15) is 0 Å². The molecule has 0 saturated carbocycles. The van der Waals surface area contributed by atoms with E-state index in [0.29, 0.717) is 0 Å². The molecule has 0 spiro atoms. The third-order valence-electron chi connectivity index (χ3n) is 3.80. The van der Waals surface area contributed by atoms with Gasteiger partial charge in [0.15, 0.2) is 0 Å². The van der Waals surface area contributed by atoms with Crippen LogP contribution < -0.4 is 15.9 Å². The second-order valence-corrected chi connectivity index (χ2v) is 7.78. The van der Waals surface area contributed by atoms with Crippen LogP contribution in [0.4, 0.5) is 5.69 Å². The van der Waals surface area contributed by atoms with Gasteiger partial charge < -0.3 is 0 Å². The van der Waals surface area contributed by atoms with Crippen molar-refractivity contribution in [1.82, 2.24) is 0 Å². The number of rotatable bonds is 6. The summed E-state index contributed by atoms with van der Waals surface area (Å²) in [6, 6.07) is 30.1. The van der Waals surface area contributed by atoms with E-state index in [-0.39, 0.29) is 0 Å². The summed E-state index contributed by atoms with van der Waals surface area (Å²) < 4.78 is 0. The van der Waals surface area contributed by atoms with Crippen molar-refractivity contribution in [1.29, 1.82) is 0 Å². The summed E-state index contributed by atoms with van der Waals surface area (Å²) in [6.07, 6.45) is 4.18. The van der Waals surface area contributed by atoms with Crippen LogP contribution in [0.3, 0.4) is 0 Å². The van der Waals surface area contributed by atoms with Gasteiger partial charge in [0.2, 0.25) is 0 Å². The first kappa shape index (κ1) is 16.6. The minimum Gasteiger partial charge on any atom is -0.261 e. The second-order valence-electron chi connectivity index (χ2n) is 5.60. The van der Waals surface area contributed by atoms with Crippen LogP contribution in [0.25, 0.3) is 0 Å². The SMILES string of the molecule is CCCC=Nc1ccccc1P(c1ccccc1)c1ccccc1. The molecule has 0 fully saturated rings. The molecule has 0 N–H and O–H groups in total. The van der Waals surface area contributed by atoms with Gasteiger partial charge in [0.25, 0.3) is 0 Å². The maximum Gasteiger partial charge on any atom is 0.0709 e. The van der Waals surface area contributed by atoms with Gasteiger partial charge in [-0.05, 0) is 31.0 Å². The monoisotopic (exact) mass is 331 g/mol. The van der Waals surface area contributed by atoms with Gasteiger partial charge in [-0.25, -0.2) is 0 Å². The normalized spacial score (nSPS) is 11.2. The summed E-state index contributed by atoms with van der Waals surface area (Å²) in [4.78, 5) is 4.76. The molecule has 2 heteroatoms. The molecule has 0 heterocycles. The van der Waals surface area contributed by atoms with Gasteiger partial charge in [0.1, 0.15) is 0 Å². The Kier molecular flexibility index (Phi) is 5.93. The lowest BCUT2D eigenvalue weighted by Gasteiger charge is -2.20. The Morgan fingerprint density at radius 3 is 1.88 bits per heavy atom. The summed E-state index contributed by atoms with van der Waals surface area (Å²) >= 11 is 0. The van der Waals surface area contributed by atoms with Crippen molar-refractivity contribution in [2.45, 2.75) is 19.8 Å². The van der Waals surface area contributed by atoms with Gasteiger partial charge in [-0.15, -0.1) is 0 Å². The van der Waals surface area contributed by atoms with Crippen molar-refractivity contribution in [3.05, 3.63) is 84.9 Å². The summed E-state index contributed by atoms with van der Waals surface area (Å²) in [7, 11) is -0.601. The highest BCUT2D eigenvalue weighted by molar-refractivity contribution is 7.80. The van der Waals surface area contributed by atoms with E-state index in [1.807, 2.05) is 6.21 Å². The molecule has 0 atom stereocenters. The average molecular weight is 331 g/mol. The first-order valence-corrected chi connectivity index (χ1v) is 9.76. The van der Waals surface area contributed by atoms with Crippen LogP contribution in [-0.2, 0) is 0 Å². The van der Waals surface area contributed by atoms with E-state index < -0.39 is 7.92 Å². The molecule has 3 rings (SSSR count). The Morgan fingerprint density at radius 2 is 1.29 bits per heavy atom. The maximum atomic E-state index is 4.76. The van der Waals surface area contributed by atoms with Crippen LogP contribution >= 0.6 is 7.92 Å². The predicted molar refractivity (Wildman–Crippen MR) is 108 cm³/mol. The van der Waals surface area contributed by atoms with Crippen LogP contribution in [0.2, 0.25) is 0 Å². The van der Waals surface area contributed by atoms with E-state index in [0.717, 1.165) is 18.5 Å². The molecule has 0 aliphatic rings. The molecule has 0 saturated heterocycles. The lowest BCUT2D eigenvalue weighted by molar-refractivity contribution is 1.01. The standard InChI is InChI=1S/C22H22NP/c1-2-3-18-23-21-16-10-11-17-22(21)24(19-12-6-4-7-13-19)20-14-8-5-9-15-20/h4-18H,2-3H2,1H3. The molecule has 1 nitrogen and oxygen atoms in total. The van der Waals surface area contributed by atoms with Gasteiger partial charge in [-0.3, -0.25) is 4.99 Å². The Hall–Kier alpha value is -2.24. The van der Waals surface area contributed by atoms with Crippen LogP contribution in [0, 0.1) is 0 Å². The zero-order valence-corrected chi connectivity index (χ0v) is 14.9. The predicted octanol–water partition coefficient (Wildman–Crippen LogP) is 4.95. The molecule has 0 amide bonds. The minimum atomic E-state index is -0.601. The zero-order valence-electron chi connectivity index (χ0n) is 14.0. The fourth-order valence-electron chi connectivity index (χ4n) is 2.64. The molecule has 0 bridgehead atoms. The fourth-order valence-corrected chi connectivity index (χ4v) is 5.03. The molecule has 0 aliphatic heterocycles. The Balaban J connectivity index is 2.10. The Morgan fingerprint density at radius 1 is 0.750 bits per heavy atom. The first-order chi connectivity index (χ1) is 11.9. The molecule has 24 heavy (non-hydrogen) atoms. The summed E-state index contributed by atoms with van der Waals surface area (Å²) in [6.45, 7) is 2.18. The smallest absolute Gasteiger partial charge is 0.0709 e. The van der Waals surface area contributed by atoms with Crippen molar-refractivity contribution in [3.63, 3.8) is 0 Å². The molecule has 0 aliphatic carbocycles.